The van der Waals surface area contributed by atoms with Gasteiger partial charge in [0, 0.05) is 12.2 Å². The van der Waals surface area contributed by atoms with Crippen molar-refractivity contribution in [2.45, 2.75) is 19.5 Å². The van der Waals surface area contributed by atoms with Crippen molar-refractivity contribution in [3.05, 3.63) is 65.2 Å². The lowest BCUT2D eigenvalue weighted by Gasteiger charge is -2.14. The van der Waals surface area contributed by atoms with E-state index in [9.17, 15) is 4.79 Å². The summed E-state index contributed by atoms with van der Waals surface area (Å²) in [6.45, 7) is 2.83. The molecule has 6 heteroatoms. The van der Waals surface area contributed by atoms with Crippen LogP contribution in [0.15, 0.2) is 48.5 Å². The molecule has 0 aliphatic carbocycles. The predicted octanol–water partition coefficient (Wildman–Crippen LogP) is 3.54. The monoisotopic (exact) mass is 369 g/mol. The highest BCUT2D eigenvalue weighted by Gasteiger charge is 2.15. The maximum absolute atomic E-state index is 12.3. The molecule has 24 heavy (non-hydrogen) atoms. The normalized spacial score (nSPS) is 11.2. The number of amides is 1. The summed E-state index contributed by atoms with van der Waals surface area (Å²) in [5.41, 5.74) is 9.91. The van der Waals surface area contributed by atoms with Gasteiger partial charge < -0.3 is 16.0 Å². The summed E-state index contributed by atoms with van der Waals surface area (Å²) in [5.74, 6) is -0.203. The molecule has 0 saturated heterocycles. The van der Waals surface area contributed by atoms with Crippen molar-refractivity contribution in [3.8, 4) is 0 Å². The number of nitrogens with zero attached hydrogens (tertiary/aromatic N) is 1. The van der Waals surface area contributed by atoms with Crippen LogP contribution in [0.4, 0.5) is 5.69 Å². The van der Waals surface area contributed by atoms with Crippen LogP contribution < -0.4 is 11.1 Å². The molecular formula is C18H25Cl2N3O. The molecule has 4 nitrogen and oxygen atoms in total. The van der Waals surface area contributed by atoms with E-state index in [1.54, 1.807) is 0 Å². The van der Waals surface area contributed by atoms with Gasteiger partial charge in [-0.3, -0.25) is 4.79 Å². The van der Waals surface area contributed by atoms with E-state index in [4.69, 9.17) is 5.73 Å². The molecule has 3 N–H and O–H groups in total. The van der Waals surface area contributed by atoms with Gasteiger partial charge in [-0.1, -0.05) is 42.0 Å². The lowest BCUT2D eigenvalue weighted by molar-refractivity contribution is -0.117. The number of nitrogens with one attached hydrogen (secondary N) is 1. The highest BCUT2D eigenvalue weighted by Crippen LogP contribution is 2.16. The number of aryl methyl sites for hydroxylation is 1. The number of carbonyl (C=O) groups excluding carboxylic acids is 1. The fourth-order valence-corrected chi connectivity index (χ4v) is 2.26. The van der Waals surface area contributed by atoms with E-state index >= 15 is 0 Å². The van der Waals surface area contributed by atoms with Crippen LogP contribution in [0, 0.1) is 6.92 Å². The first kappa shape index (κ1) is 22.4. The van der Waals surface area contributed by atoms with Gasteiger partial charge in [0.15, 0.2) is 0 Å². The summed E-state index contributed by atoms with van der Waals surface area (Å²) in [4.78, 5) is 14.4. The van der Waals surface area contributed by atoms with Crippen LogP contribution in [0.25, 0.3) is 0 Å². The molecule has 0 saturated carbocycles. The quantitative estimate of drug-likeness (QED) is 0.847. The van der Waals surface area contributed by atoms with Crippen LogP contribution in [-0.2, 0) is 11.3 Å². The maximum atomic E-state index is 12.3. The van der Waals surface area contributed by atoms with Gasteiger partial charge in [-0.05, 0) is 44.3 Å². The Morgan fingerprint density at radius 1 is 1.12 bits per heavy atom. The van der Waals surface area contributed by atoms with Crippen molar-refractivity contribution >= 4 is 36.4 Å². The molecule has 0 spiro atoms. The van der Waals surface area contributed by atoms with Gasteiger partial charge in [0.1, 0.15) is 6.04 Å². The SMILES string of the molecule is Cc1ccc(C(N)C(=O)Nc2cccc(CN(C)C)c2)cc1.Cl.Cl. The highest BCUT2D eigenvalue weighted by molar-refractivity contribution is 5.95. The van der Waals surface area contributed by atoms with Crippen LogP contribution in [-0.4, -0.2) is 24.9 Å². The third-order valence-electron chi connectivity index (χ3n) is 3.41. The van der Waals surface area contributed by atoms with E-state index in [1.165, 1.54) is 0 Å². The first-order chi connectivity index (χ1) is 10.5. The largest absolute Gasteiger partial charge is 0.324 e. The predicted molar refractivity (Wildman–Crippen MR) is 105 cm³/mol. The molecule has 0 fully saturated rings. The molecule has 1 unspecified atom stereocenters. The fraction of sp³-hybridized carbons (Fsp3) is 0.278. The molecule has 132 valence electrons. The molecular weight excluding hydrogens is 345 g/mol. The summed E-state index contributed by atoms with van der Waals surface area (Å²) >= 11 is 0. The number of halogens is 2. The van der Waals surface area contributed by atoms with Gasteiger partial charge in [0.25, 0.3) is 0 Å². The van der Waals surface area contributed by atoms with E-state index in [-0.39, 0.29) is 30.7 Å². The van der Waals surface area contributed by atoms with Gasteiger partial charge in [0.2, 0.25) is 5.91 Å². The summed E-state index contributed by atoms with van der Waals surface area (Å²) in [6.07, 6.45) is 0. The average molecular weight is 370 g/mol. The second-order valence-electron chi connectivity index (χ2n) is 5.82. The van der Waals surface area contributed by atoms with Gasteiger partial charge >= 0.3 is 0 Å². The number of hydrogen-bond acceptors (Lipinski definition) is 3. The minimum atomic E-state index is -0.668. The maximum Gasteiger partial charge on any atom is 0.245 e. The zero-order valence-corrected chi connectivity index (χ0v) is 15.8. The molecule has 2 aromatic carbocycles. The average Bonchev–Trinajstić information content (AvgIpc) is 2.47. The standard InChI is InChI=1S/C18H23N3O.2ClH/c1-13-7-9-15(10-8-13)17(19)18(22)20-16-6-4-5-14(11-16)12-21(2)3;;/h4-11,17H,12,19H2,1-3H3,(H,20,22);2*1H. The Bertz CT molecular complexity index is 645. The number of carbonyl (C=O) groups is 1. The van der Waals surface area contributed by atoms with Gasteiger partial charge in [-0.15, -0.1) is 24.8 Å². The molecule has 1 amide bonds. The van der Waals surface area contributed by atoms with Crippen LogP contribution in [0.1, 0.15) is 22.7 Å². The van der Waals surface area contributed by atoms with Crippen molar-refractivity contribution in [3.63, 3.8) is 0 Å². The molecule has 0 radical (unpaired) electrons. The van der Waals surface area contributed by atoms with Crippen LogP contribution in [0.3, 0.4) is 0 Å². The van der Waals surface area contributed by atoms with Crippen LogP contribution >= 0.6 is 24.8 Å². The minimum absolute atomic E-state index is 0. The Labute approximate surface area is 156 Å². The number of hydrogen-bond donors (Lipinski definition) is 2. The van der Waals surface area contributed by atoms with Crippen molar-refractivity contribution in [1.82, 2.24) is 4.90 Å². The molecule has 2 rings (SSSR count). The first-order valence-corrected chi connectivity index (χ1v) is 7.32. The number of rotatable bonds is 5. The van der Waals surface area contributed by atoms with Crippen LogP contribution in [0.5, 0.6) is 0 Å². The molecule has 0 aromatic heterocycles. The van der Waals surface area contributed by atoms with Crippen molar-refractivity contribution in [2.75, 3.05) is 19.4 Å². The topological polar surface area (TPSA) is 58.4 Å². The lowest BCUT2D eigenvalue weighted by Crippen LogP contribution is -2.27. The van der Waals surface area contributed by atoms with E-state index in [1.807, 2.05) is 69.6 Å². The summed E-state index contributed by atoms with van der Waals surface area (Å²) in [6, 6.07) is 14.8. The van der Waals surface area contributed by atoms with Crippen molar-refractivity contribution < 1.29 is 4.79 Å². The summed E-state index contributed by atoms with van der Waals surface area (Å²) in [7, 11) is 4.02. The second kappa shape index (κ2) is 10.3. The third-order valence-corrected chi connectivity index (χ3v) is 3.41. The fourth-order valence-electron chi connectivity index (χ4n) is 2.26. The molecule has 0 aliphatic rings. The van der Waals surface area contributed by atoms with E-state index in [0.717, 1.165) is 28.9 Å². The smallest absolute Gasteiger partial charge is 0.245 e. The number of benzene rings is 2. The molecule has 0 aliphatic heterocycles. The van der Waals surface area contributed by atoms with E-state index < -0.39 is 6.04 Å². The van der Waals surface area contributed by atoms with Gasteiger partial charge in [-0.2, -0.15) is 0 Å². The first-order valence-electron chi connectivity index (χ1n) is 7.32. The lowest BCUT2D eigenvalue weighted by atomic mass is 10.1. The van der Waals surface area contributed by atoms with E-state index in [2.05, 4.69) is 10.2 Å². The third kappa shape index (κ3) is 6.49. The van der Waals surface area contributed by atoms with Gasteiger partial charge in [0.05, 0.1) is 0 Å². The Hall–Kier alpha value is -1.59. The van der Waals surface area contributed by atoms with E-state index in [0.29, 0.717) is 0 Å². The summed E-state index contributed by atoms with van der Waals surface area (Å²) < 4.78 is 0. The van der Waals surface area contributed by atoms with Crippen LogP contribution in [0.2, 0.25) is 0 Å². The zero-order valence-electron chi connectivity index (χ0n) is 14.2. The minimum Gasteiger partial charge on any atom is -0.324 e. The Kier molecular flexibility index (Phi) is 9.63. The second-order valence-corrected chi connectivity index (χ2v) is 5.82. The molecule has 2 aromatic rings. The Balaban J connectivity index is 0.00000264. The highest BCUT2D eigenvalue weighted by atomic mass is 35.5. The molecule has 0 heterocycles. The number of nitrogens with two attached hydrogens (primary N) is 1. The Morgan fingerprint density at radius 3 is 2.33 bits per heavy atom. The van der Waals surface area contributed by atoms with Crippen molar-refractivity contribution in [1.29, 1.82) is 0 Å². The zero-order chi connectivity index (χ0) is 16.1. The van der Waals surface area contributed by atoms with Gasteiger partial charge in [-0.25, -0.2) is 0 Å². The molecule has 0 bridgehead atoms. The Morgan fingerprint density at radius 2 is 1.75 bits per heavy atom. The summed E-state index contributed by atoms with van der Waals surface area (Å²) in [5, 5.41) is 2.89. The van der Waals surface area contributed by atoms with Crippen molar-refractivity contribution in [2.24, 2.45) is 5.73 Å². The molecule has 1 atom stereocenters. The number of anilines is 1.